The van der Waals surface area contributed by atoms with Gasteiger partial charge in [0.25, 0.3) is 0 Å². The molecule has 55 heavy (non-hydrogen) atoms. The molecule has 0 N–H and O–H groups in total. The van der Waals surface area contributed by atoms with Gasteiger partial charge in [0, 0.05) is 21.5 Å². The molecule has 0 radical (unpaired) electrons. The Balaban J connectivity index is 1.18. The summed E-state index contributed by atoms with van der Waals surface area (Å²) >= 11 is 3.90. The van der Waals surface area contributed by atoms with Crippen molar-refractivity contribution >= 4 is 45.1 Å². The van der Waals surface area contributed by atoms with E-state index >= 15 is 0 Å². The van der Waals surface area contributed by atoms with E-state index in [4.69, 9.17) is 0 Å². The minimum atomic E-state index is -0.439. The summed E-state index contributed by atoms with van der Waals surface area (Å²) in [5.74, 6) is 0. The molecule has 1 spiro atoms. The third-order valence-corrected chi connectivity index (χ3v) is 12.1. The second-order valence-corrected chi connectivity index (χ2v) is 18.1. The predicted octanol–water partition coefficient (Wildman–Crippen LogP) is 15.0. The highest BCUT2D eigenvalue weighted by atomic mass is 79.9. The van der Waals surface area contributed by atoms with E-state index in [1.807, 2.05) is 0 Å². The van der Waals surface area contributed by atoms with Crippen LogP contribution in [0.15, 0.2) is 162 Å². The van der Waals surface area contributed by atoms with E-state index in [2.05, 4.69) is 232 Å². The van der Waals surface area contributed by atoms with E-state index < -0.39 is 5.41 Å². The van der Waals surface area contributed by atoms with Crippen LogP contribution in [-0.4, -0.2) is 0 Å². The fourth-order valence-corrected chi connectivity index (χ4v) is 9.14. The van der Waals surface area contributed by atoms with E-state index in [1.54, 1.807) is 0 Å². The summed E-state index contributed by atoms with van der Waals surface area (Å²) in [7, 11) is 0. The van der Waals surface area contributed by atoms with Gasteiger partial charge in [0.05, 0.1) is 5.41 Å². The van der Waals surface area contributed by atoms with Crippen molar-refractivity contribution in [2.75, 3.05) is 4.90 Å². The van der Waals surface area contributed by atoms with Crippen LogP contribution in [0.3, 0.4) is 0 Å². The van der Waals surface area contributed by atoms with Crippen molar-refractivity contribution in [3.63, 3.8) is 0 Å². The molecule has 0 aromatic heterocycles. The SMILES string of the molecule is CC(C)(C)c1ccc2c(c1)C1(c3cc(Br)ccc3-c3ccc(C=Cc4ccc(N(c5ccccc5)c5ccccc5)cc4)cc31)c1cc(C(C)(C)C)ccc1-2. The van der Waals surface area contributed by atoms with Crippen LogP contribution in [0, 0.1) is 0 Å². The summed E-state index contributed by atoms with van der Waals surface area (Å²) in [6.45, 7) is 13.9. The molecule has 0 heterocycles. The highest BCUT2D eigenvalue weighted by molar-refractivity contribution is 9.10. The molecule has 0 unspecified atom stereocenters. The van der Waals surface area contributed by atoms with Gasteiger partial charge in [-0.15, -0.1) is 0 Å². The van der Waals surface area contributed by atoms with Crippen LogP contribution in [-0.2, 0) is 16.2 Å². The van der Waals surface area contributed by atoms with Gasteiger partial charge in [-0.3, -0.25) is 0 Å². The van der Waals surface area contributed by atoms with Gasteiger partial charge in [-0.1, -0.05) is 173 Å². The summed E-state index contributed by atoms with van der Waals surface area (Å²) in [6.07, 6.45) is 4.53. The fourth-order valence-electron chi connectivity index (χ4n) is 8.78. The van der Waals surface area contributed by atoms with Crippen molar-refractivity contribution in [2.45, 2.75) is 57.8 Å². The quantitative estimate of drug-likeness (QED) is 0.157. The van der Waals surface area contributed by atoms with Crippen LogP contribution in [0.5, 0.6) is 0 Å². The topological polar surface area (TPSA) is 3.24 Å². The highest BCUT2D eigenvalue weighted by Gasteiger charge is 2.52. The number of para-hydroxylation sites is 2. The zero-order valence-corrected chi connectivity index (χ0v) is 34.1. The summed E-state index contributed by atoms with van der Waals surface area (Å²) in [6, 6.07) is 58.5. The first-order valence-corrected chi connectivity index (χ1v) is 20.2. The van der Waals surface area contributed by atoms with Crippen molar-refractivity contribution < 1.29 is 0 Å². The average Bonchev–Trinajstić information content (AvgIpc) is 3.63. The first kappa shape index (κ1) is 35.3. The van der Waals surface area contributed by atoms with Crippen LogP contribution in [0.25, 0.3) is 34.4 Å². The van der Waals surface area contributed by atoms with Crippen LogP contribution >= 0.6 is 15.9 Å². The number of rotatable bonds is 5. The molecular formula is C53H46BrN. The largest absolute Gasteiger partial charge is 0.311 e. The maximum Gasteiger partial charge on any atom is 0.0726 e. The highest BCUT2D eigenvalue weighted by Crippen LogP contribution is 2.64. The number of hydrogen-bond donors (Lipinski definition) is 0. The smallest absolute Gasteiger partial charge is 0.0726 e. The Labute approximate surface area is 335 Å². The molecule has 2 aliphatic carbocycles. The molecule has 2 aliphatic rings. The Morgan fingerprint density at radius 3 is 1.33 bits per heavy atom. The second-order valence-electron chi connectivity index (χ2n) is 17.2. The molecular weight excluding hydrogens is 730 g/mol. The summed E-state index contributed by atoms with van der Waals surface area (Å²) in [4.78, 5) is 2.30. The van der Waals surface area contributed by atoms with Gasteiger partial charge in [-0.2, -0.15) is 0 Å². The number of nitrogens with zero attached hydrogens (tertiary/aromatic N) is 1. The second kappa shape index (κ2) is 13.1. The zero-order chi connectivity index (χ0) is 38.1. The van der Waals surface area contributed by atoms with Gasteiger partial charge in [-0.05, 0) is 132 Å². The summed E-state index contributed by atoms with van der Waals surface area (Å²) < 4.78 is 1.11. The van der Waals surface area contributed by atoms with E-state index in [-0.39, 0.29) is 10.8 Å². The standard InChI is InChI=1S/C53H46BrN/c1-51(2,3)37-22-28-44-45-29-23-38(52(4,5)6)33-49(45)53(48(44)32-37)47-31-36(21-27-43(47)46-30-24-39(54)34-50(46)53)18-17-35-19-25-42(26-20-35)55(40-13-9-7-10-14-40)41-15-11-8-12-16-41/h7-34H,1-6H3. The number of halogens is 1. The summed E-state index contributed by atoms with van der Waals surface area (Å²) in [5, 5.41) is 0. The van der Waals surface area contributed by atoms with Crippen molar-refractivity contribution in [1.29, 1.82) is 0 Å². The molecule has 0 saturated heterocycles. The van der Waals surface area contributed by atoms with Gasteiger partial charge in [0.15, 0.2) is 0 Å². The van der Waals surface area contributed by atoms with Crippen LogP contribution in [0.4, 0.5) is 17.1 Å². The third kappa shape index (κ3) is 5.90. The first-order valence-electron chi connectivity index (χ1n) is 19.4. The molecule has 1 nitrogen and oxygen atoms in total. The molecule has 0 atom stereocenters. The predicted molar refractivity (Wildman–Crippen MR) is 238 cm³/mol. The normalized spacial score (nSPS) is 13.8. The molecule has 270 valence electrons. The molecule has 0 fully saturated rings. The maximum atomic E-state index is 3.90. The van der Waals surface area contributed by atoms with Gasteiger partial charge in [0.1, 0.15) is 0 Å². The van der Waals surface area contributed by atoms with Gasteiger partial charge in [0.2, 0.25) is 0 Å². The first-order chi connectivity index (χ1) is 26.4. The number of benzene rings is 7. The lowest BCUT2D eigenvalue weighted by Crippen LogP contribution is -2.27. The van der Waals surface area contributed by atoms with Crippen LogP contribution < -0.4 is 4.90 Å². The van der Waals surface area contributed by atoms with Crippen molar-refractivity contribution in [2.24, 2.45) is 0 Å². The van der Waals surface area contributed by atoms with Crippen LogP contribution in [0.1, 0.15) is 86.1 Å². The minimum Gasteiger partial charge on any atom is -0.311 e. The number of fused-ring (bicyclic) bond motifs is 10. The molecule has 0 amide bonds. The lowest BCUT2D eigenvalue weighted by molar-refractivity contribution is 0.586. The molecule has 0 aliphatic heterocycles. The molecule has 7 aromatic carbocycles. The maximum absolute atomic E-state index is 3.90. The van der Waals surface area contributed by atoms with Crippen molar-refractivity contribution in [1.82, 2.24) is 0 Å². The van der Waals surface area contributed by atoms with Gasteiger partial charge < -0.3 is 4.90 Å². The number of anilines is 3. The van der Waals surface area contributed by atoms with Gasteiger partial charge >= 0.3 is 0 Å². The third-order valence-electron chi connectivity index (χ3n) is 11.6. The Bertz CT molecular complexity index is 2500. The molecule has 2 heteroatoms. The fraction of sp³-hybridized carbons (Fsp3) is 0.170. The van der Waals surface area contributed by atoms with Gasteiger partial charge in [-0.25, -0.2) is 0 Å². The Morgan fingerprint density at radius 2 is 0.818 bits per heavy atom. The average molecular weight is 777 g/mol. The van der Waals surface area contributed by atoms with Crippen molar-refractivity contribution in [3.05, 3.63) is 207 Å². The molecule has 9 rings (SSSR count). The lowest BCUT2D eigenvalue weighted by Gasteiger charge is -2.33. The Kier molecular flexibility index (Phi) is 8.40. The lowest BCUT2D eigenvalue weighted by atomic mass is 9.68. The van der Waals surface area contributed by atoms with Crippen LogP contribution in [0.2, 0.25) is 0 Å². The van der Waals surface area contributed by atoms with E-state index in [9.17, 15) is 0 Å². The minimum absolute atomic E-state index is 0.0163. The summed E-state index contributed by atoms with van der Waals surface area (Å²) in [5.41, 5.74) is 18.8. The molecule has 0 bridgehead atoms. The van der Waals surface area contributed by atoms with E-state index in [0.717, 1.165) is 27.1 Å². The van der Waals surface area contributed by atoms with E-state index in [1.165, 1.54) is 61.2 Å². The molecule has 7 aromatic rings. The molecule has 0 saturated carbocycles. The zero-order valence-electron chi connectivity index (χ0n) is 32.5. The monoisotopic (exact) mass is 775 g/mol. The number of hydrogen-bond acceptors (Lipinski definition) is 1. The Morgan fingerprint density at radius 1 is 0.418 bits per heavy atom. The van der Waals surface area contributed by atoms with E-state index in [0.29, 0.717) is 0 Å². The Hall–Kier alpha value is -5.44. The van der Waals surface area contributed by atoms with Crippen molar-refractivity contribution in [3.8, 4) is 22.3 Å².